The van der Waals surface area contributed by atoms with E-state index in [1.807, 2.05) is 30.3 Å². The largest absolute Gasteiger partial charge is 0.299 e. The Balaban J connectivity index is 1.77. The van der Waals surface area contributed by atoms with Gasteiger partial charge in [-0.3, -0.25) is 9.59 Å². The lowest BCUT2D eigenvalue weighted by Crippen LogP contribution is -2.08. The Morgan fingerprint density at radius 2 is 1.89 bits per heavy atom. The SMILES string of the molecule is CC(=O)CSC1=NN=C(c2cc(N=O)cc(C(=O)Cc3ccccc3)c2)C1. The highest BCUT2D eigenvalue weighted by molar-refractivity contribution is 8.14. The van der Waals surface area contributed by atoms with Crippen LogP contribution in [0, 0.1) is 4.91 Å². The van der Waals surface area contributed by atoms with Gasteiger partial charge in [0.15, 0.2) is 5.78 Å². The van der Waals surface area contributed by atoms with E-state index < -0.39 is 0 Å². The van der Waals surface area contributed by atoms with Gasteiger partial charge in [-0.05, 0) is 35.9 Å². The first-order valence-corrected chi connectivity index (χ1v) is 9.35. The van der Waals surface area contributed by atoms with E-state index in [1.54, 1.807) is 12.1 Å². The zero-order valence-electron chi connectivity index (χ0n) is 14.7. The fraction of sp³-hybridized carbons (Fsp3) is 0.200. The van der Waals surface area contributed by atoms with Gasteiger partial charge in [0.1, 0.15) is 16.5 Å². The maximum absolute atomic E-state index is 12.6. The highest BCUT2D eigenvalue weighted by Gasteiger charge is 2.18. The molecule has 1 aliphatic heterocycles. The van der Waals surface area contributed by atoms with Crippen LogP contribution in [0.2, 0.25) is 0 Å². The van der Waals surface area contributed by atoms with Crippen molar-refractivity contribution in [2.45, 2.75) is 19.8 Å². The van der Waals surface area contributed by atoms with Gasteiger partial charge in [-0.15, -0.1) is 21.8 Å². The first-order chi connectivity index (χ1) is 13.0. The predicted molar refractivity (Wildman–Crippen MR) is 108 cm³/mol. The zero-order chi connectivity index (χ0) is 19.2. The van der Waals surface area contributed by atoms with Crippen LogP contribution in [0.25, 0.3) is 0 Å². The van der Waals surface area contributed by atoms with E-state index in [9.17, 15) is 14.5 Å². The van der Waals surface area contributed by atoms with Crippen LogP contribution in [0.15, 0.2) is 63.9 Å². The molecule has 0 radical (unpaired) electrons. The number of nitrogens with zero attached hydrogens (tertiary/aromatic N) is 3. The molecule has 6 nitrogen and oxygen atoms in total. The summed E-state index contributed by atoms with van der Waals surface area (Å²) in [6, 6.07) is 14.2. The molecule has 2 aromatic carbocycles. The topological polar surface area (TPSA) is 88.3 Å². The maximum atomic E-state index is 12.6. The Bertz CT molecular complexity index is 952. The van der Waals surface area contributed by atoms with E-state index in [0.29, 0.717) is 29.0 Å². The van der Waals surface area contributed by atoms with E-state index in [1.165, 1.54) is 24.8 Å². The van der Waals surface area contributed by atoms with Crippen molar-refractivity contribution in [3.63, 3.8) is 0 Å². The Hall–Kier alpha value is -2.93. The van der Waals surface area contributed by atoms with E-state index in [-0.39, 0.29) is 23.7 Å². The lowest BCUT2D eigenvalue weighted by atomic mass is 9.98. The van der Waals surface area contributed by atoms with Gasteiger partial charge in [0.25, 0.3) is 0 Å². The first kappa shape index (κ1) is 18.8. The molecule has 0 amide bonds. The number of Topliss-reactive ketones (excluding diaryl/α,β-unsaturated/α-hetero) is 2. The van der Waals surface area contributed by atoms with E-state index >= 15 is 0 Å². The Kier molecular flexibility index (Phi) is 6.03. The molecule has 2 aromatic rings. The van der Waals surface area contributed by atoms with E-state index in [4.69, 9.17) is 0 Å². The number of thioether (sulfide) groups is 1. The van der Waals surface area contributed by atoms with Gasteiger partial charge in [-0.1, -0.05) is 30.3 Å². The van der Waals surface area contributed by atoms with Crippen molar-refractivity contribution in [3.8, 4) is 0 Å². The molecule has 136 valence electrons. The van der Waals surface area contributed by atoms with Crippen molar-refractivity contribution >= 4 is 39.8 Å². The Labute approximate surface area is 160 Å². The van der Waals surface area contributed by atoms with Crippen molar-refractivity contribution in [2.24, 2.45) is 15.4 Å². The molecule has 0 atom stereocenters. The molecule has 0 bridgehead atoms. The normalized spacial score (nSPS) is 13.1. The molecule has 0 N–H and O–H groups in total. The third-order valence-electron chi connectivity index (χ3n) is 3.93. The average molecular weight is 379 g/mol. The summed E-state index contributed by atoms with van der Waals surface area (Å²) in [7, 11) is 0. The van der Waals surface area contributed by atoms with Crippen molar-refractivity contribution < 1.29 is 9.59 Å². The standard InChI is InChI=1S/C20H17N3O3S/c1-13(24)12-27-20-11-18(21-22-20)15-8-16(10-17(9-15)23-26)19(25)7-14-5-3-2-4-6-14/h2-6,8-10H,7,11-12H2,1H3. The monoisotopic (exact) mass is 379 g/mol. The second kappa shape index (κ2) is 8.64. The first-order valence-electron chi connectivity index (χ1n) is 8.36. The van der Waals surface area contributed by atoms with E-state index in [2.05, 4.69) is 15.4 Å². The second-order valence-corrected chi connectivity index (χ2v) is 7.20. The Morgan fingerprint density at radius 1 is 1.11 bits per heavy atom. The summed E-state index contributed by atoms with van der Waals surface area (Å²) in [6.45, 7) is 1.52. The van der Waals surface area contributed by atoms with Crippen molar-refractivity contribution in [2.75, 3.05) is 5.75 Å². The van der Waals surface area contributed by atoms with Crippen molar-refractivity contribution in [1.29, 1.82) is 0 Å². The molecular weight excluding hydrogens is 362 g/mol. The summed E-state index contributed by atoms with van der Waals surface area (Å²) in [5.74, 6) is 0.314. The molecular formula is C20H17N3O3S. The number of hydrogen-bond acceptors (Lipinski definition) is 7. The quantitative estimate of drug-likeness (QED) is 0.529. The second-order valence-electron chi connectivity index (χ2n) is 6.15. The predicted octanol–water partition coefficient (Wildman–Crippen LogP) is 4.34. The fourth-order valence-electron chi connectivity index (χ4n) is 2.63. The molecule has 0 saturated heterocycles. The fourth-order valence-corrected chi connectivity index (χ4v) is 3.34. The molecule has 0 saturated carbocycles. The van der Waals surface area contributed by atoms with Gasteiger partial charge in [0.05, 0.1) is 11.5 Å². The zero-order valence-corrected chi connectivity index (χ0v) is 15.5. The van der Waals surface area contributed by atoms with Gasteiger partial charge in [-0.2, -0.15) is 5.10 Å². The lowest BCUT2D eigenvalue weighted by Gasteiger charge is -2.07. The van der Waals surface area contributed by atoms with Gasteiger partial charge in [0, 0.05) is 24.0 Å². The summed E-state index contributed by atoms with van der Waals surface area (Å²) in [5.41, 5.74) is 2.79. The highest BCUT2D eigenvalue weighted by atomic mass is 32.2. The number of carbonyl (C=O) groups is 2. The molecule has 0 aliphatic carbocycles. The molecule has 3 rings (SSSR count). The van der Waals surface area contributed by atoms with Crippen LogP contribution in [0.3, 0.4) is 0 Å². The number of rotatable bonds is 7. The van der Waals surface area contributed by atoms with Crippen LogP contribution in [-0.2, 0) is 11.2 Å². The van der Waals surface area contributed by atoms with Crippen LogP contribution in [0.1, 0.15) is 34.8 Å². The summed E-state index contributed by atoms with van der Waals surface area (Å²) < 4.78 is 0. The summed E-state index contributed by atoms with van der Waals surface area (Å²) in [5, 5.41) is 12.0. The minimum atomic E-state index is -0.0985. The molecule has 0 fully saturated rings. The van der Waals surface area contributed by atoms with Crippen LogP contribution in [0.5, 0.6) is 0 Å². The molecule has 7 heteroatoms. The summed E-state index contributed by atoms with van der Waals surface area (Å²) in [4.78, 5) is 34.8. The molecule has 27 heavy (non-hydrogen) atoms. The minimum Gasteiger partial charge on any atom is -0.299 e. The number of ketones is 2. The van der Waals surface area contributed by atoms with Gasteiger partial charge < -0.3 is 0 Å². The van der Waals surface area contributed by atoms with Crippen molar-refractivity contribution in [3.05, 3.63) is 70.1 Å². The molecule has 0 unspecified atom stereocenters. The van der Waals surface area contributed by atoms with E-state index in [0.717, 1.165) is 10.6 Å². The number of benzene rings is 2. The van der Waals surface area contributed by atoms with Gasteiger partial charge in [0.2, 0.25) is 0 Å². The number of hydrogen-bond donors (Lipinski definition) is 0. The third-order valence-corrected chi connectivity index (χ3v) is 5.04. The van der Waals surface area contributed by atoms with Gasteiger partial charge in [-0.25, -0.2) is 0 Å². The maximum Gasteiger partial charge on any atom is 0.167 e. The highest BCUT2D eigenvalue weighted by Crippen LogP contribution is 2.24. The molecule has 1 heterocycles. The van der Waals surface area contributed by atoms with Crippen LogP contribution >= 0.6 is 11.8 Å². The summed E-state index contributed by atoms with van der Waals surface area (Å²) in [6.07, 6.45) is 0.706. The molecule has 1 aliphatic rings. The van der Waals surface area contributed by atoms with Crippen LogP contribution in [0.4, 0.5) is 5.69 Å². The van der Waals surface area contributed by atoms with Crippen molar-refractivity contribution in [1.82, 2.24) is 0 Å². The molecule has 0 aromatic heterocycles. The number of nitroso groups, excluding NO2 is 1. The third kappa shape index (κ3) is 5.04. The lowest BCUT2D eigenvalue weighted by molar-refractivity contribution is -0.114. The summed E-state index contributed by atoms with van der Waals surface area (Å²) >= 11 is 1.35. The molecule has 0 spiro atoms. The van der Waals surface area contributed by atoms with Gasteiger partial charge >= 0.3 is 0 Å². The number of carbonyl (C=O) groups excluding carboxylic acids is 2. The minimum absolute atomic E-state index is 0.0668. The Morgan fingerprint density at radius 3 is 2.59 bits per heavy atom. The van der Waals surface area contributed by atoms with Crippen LogP contribution in [-0.4, -0.2) is 28.1 Å². The smallest absolute Gasteiger partial charge is 0.167 e. The average Bonchev–Trinajstić information content (AvgIpc) is 3.16. The van der Waals surface area contributed by atoms with Crippen LogP contribution < -0.4 is 0 Å².